The number of carbonyl (C=O) groups excluding carboxylic acids is 1. The highest BCUT2D eigenvalue weighted by molar-refractivity contribution is 7.19. The highest BCUT2D eigenvalue weighted by Gasteiger charge is 2.07. The number of methoxy groups -OCH3 is 1. The Hall–Kier alpha value is -2.86. The lowest BCUT2D eigenvalue weighted by Gasteiger charge is -2.10. The van der Waals surface area contributed by atoms with E-state index in [2.05, 4.69) is 16.4 Å². The van der Waals surface area contributed by atoms with Gasteiger partial charge in [-0.05, 0) is 35.9 Å². The molecule has 1 aromatic heterocycles. The molecule has 0 aliphatic rings. The largest absolute Gasteiger partial charge is 0.493 e. The van der Waals surface area contributed by atoms with Gasteiger partial charge in [0.15, 0.2) is 18.1 Å². The molecule has 0 saturated heterocycles. The molecule has 0 spiro atoms. The molecule has 3 rings (SSSR count). The molecule has 128 valence electrons. The number of thiazole rings is 1. The van der Waals surface area contributed by atoms with Crippen molar-refractivity contribution in [3.05, 3.63) is 53.0 Å². The van der Waals surface area contributed by atoms with E-state index in [1.165, 1.54) is 0 Å². The molecule has 0 aliphatic carbocycles. The molecule has 6 heteroatoms. The number of carbonyl (C=O) groups is 1. The summed E-state index contributed by atoms with van der Waals surface area (Å²) in [7, 11) is 3.14. The Bertz CT molecular complexity index is 885. The maximum atomic E-state index is 11.3. The Morgan fingerprint density at radius 3 is 2.80 bits per heavy atom. The smallest absolute Gasteiger partial charge is 0.257 e. The standard InChI is InChI=1S/C19H18N2O3S/c1-20-18(22)12-24-15-9-7-13(11-16(15)23-2)8-10-19-21-14-5-3-4-6-17(14)25-19/h3-11H,12H2,1-2H3,(H,20,22). The average molecular weight is 354 g/mol. The number of para-hydroxylation sites is 1. The van der Waals surface area contributed by atoms with E-state index in [0.717, 1.165) is 20.8 Å². The topological polar surface area (TPSA) is 60.5 Å². The number of fused-ring (bicyclic) bond motifs is 1. The SMILES string of the molecule is CNC(=O)COc1ccc(C=Cc2nc3ccccc3s2)cc1OC. The Morgan fingerprint density at radius 2 is 2.04 bits per heavy atom. The van der Waals surface area contributed by atoms with Gasteiger partial charge in [0.25, 0.3) is 5.91 Å². The van der Waals surface area contributed by atoms with Gasteiger partial charge in [0.2, 0.25) is 0 Å². The molecule has 25 heavy (non-hydrogen) atoms. The molecule has 1 amide bonds. The molecule has 0 bridgehead atoms. The second-order valence-corrected chi connectivity index (χ2v) is 6.29. The van der Waals surface area contributed by atoms with Crippen molar-refractivity contribution in [2.75, 3.05) is 20.8 Å². The Kier molecular flexibility index (Phi) is 5.30. The van der Waals surface area contributed by atoms with Crippen molar-refractivity contribution < 1.29 is 14.3 Å². The third kappa shape index (κ3) is 4.16. The Morgan fingerprint density at radius 1 is 1.20 bits per heavy atom. The zero-order valence-electron chi connectivity index (χ0n) is 14.0. The molecule has 1 heterocycles. The van der Waals surface area contributed by atoms with Crippen LogP contribution < -0.4 is 14.8 Å². The van der Waals surface area contributed by atoms with Gasteiger partial charge in [0.1, 0.15) is 5.01 Å². The van der Waals surface area contributed by atoms with E-state index in [1.807, 2.05) is 42.5 Å². The fourth-order valence-corrected chi connectivity index (χ4v) is 3.12. The van der Waals surface area contributed by atoms with Gasteiger partial charge in [0.05, 0.1) is 17.3 Å². The molecule has 2 aromatic carbocycles. The molecule has 0 saturated carbocycles. The van der Waals surface area contributed by atoms with E-state index in [0.29, 0.717) is 11.5 Å². The number of amides is 1. The predicted octanol–water partition coefficient (Wildman–Crippen LogP) is 3.60. The van der Waals surface area contributed by atoms with Crippen molar-refractivity contribution in [2.24, 2.45) is 0 Å². The van der Waals surface area contributed by atoms with Crippen molar-refractivity contribution in [3.63, 3.8) is 0 Å². The number of rotatable bonds is 6. The van der Waals surface area contributed by atoms with Crippen molar-refractivity contribution in [2.45, 2.75) is 0 Å². The highest BCUT2D eigenvalue weighted by atomic mass is 32.1. The number of nitrogens with zero attached hydrogens (tertiary/aromatic N) is 1. The van der Waals surface area contributed by atoms with Crippen LogP contribution in [-0.2, 0) is 4.79 Å². The van der Waals surface area contributed by atoms with Crippen molar-refractivity contribution >= 4 is 39.6 Å². The number of ether oxygens (including phenoxy) is 2. The van der Waals surface area contributed by atoms with Gasteiger partial charge in [-0.1, -0.05) is 24.3 Å². The molecule has 0 fully saturated rings. The van der Waals surface area contributed by atoms with Gasteiger partial charge in [-0.25, -0.2) is 4.98 Å². The molecular formula is C19H18N2O3S. The van der Waals surface area contributed by atoms with Crippen LogP contribution >= 0.6 is 11.3 Å². The zero-order chi connectivity index (χ0) is 17.6. The molecule has 0 atom stereocenters. The summed E-state index contributed by atoms with van der Waals surface area (Å²) in [6.07, 6.45) is 3.95. The maximum Gasteiger partial charge on any atom is 0.257 e. The van der Waals surface area contributed by atoms with Crippen LogP contribution in [0.15, 0.2) is 42.5 Å². The maximum absolute atomic E-state index is 11.3. The number of benzene rings is 2. The first-order valence-electron chi connectivity index (χ1n) is 7.74. The number of nitrogens with one attached hydrogen (secondary N) is 1. The first-order chi connectivity index (χ1) is 12.2. The highest BCUT2D eigenvalue weighted by Crippen LogP contribution is 2.29. The van der Waals surface area contributed by atoms with E-state index < -0.39 is 0 Å². The second kappa shape index (κ2) is 7.81. The summed E-state index contributed by atoms with van der Waals surface area (Å²) in [5.41, 5.74) is 1.96. The summed E-state index contributed by atoms with van der Waals surface area (Å²) in [4.78, 5) is 15.9. The number of likely N-dealkylation sites (N-methyl/N-ethyl adjacent to an activating group) is 1. The van der Waals surface area contributed by atoms with E-state index >= 15 is 0 Å². The minimum absolute atomic E-state index is 0.0479. The van der Waals surface area contributed by atoms with Crippen LogP contribution in [0.1, 0.15) is 10.6 Å². The van der Waals surface area contributed by atoms with Crippen LogP contribution in [0.3, 0.4) is 0 Å². The summed E-state index contributed by atoms with van der Waals surface area (Å²) >= 11 is 1.65. The van der Waals surface area contributed by atoms with Crippen LogP contribution in [0, 0.1) is 0 Å². The number of hydrogen-bond acceptors (Lipinski definition) is 5. The van der Waals surface area contributed by atoms with Crippen LogP contribution in [0.2, 0.25) is 0 Å². The summed E-state index contributed by atoms with van der Waals surface area (Å²) in [5, 5.41) is 3.46. The van der Waals surface area contributed by atoms with E-state index in [1.54, 1.807) is 31.6 Å². The minimum atomic E-state index is -0.193. The molecule has 3 aromatic rings. The lowest BCUT2D eigenvalue weighted by atomic mass is 10.2. The van der Waals surface area contributed by atoms with Gasteiger partial charge < -0.3 is 14.8 Å². The van der Waals surface area contributed by atoms with Crippen molar-refractivity contribution in [1.29, 1.82) is 0 Å². The molecular weight excluding hydrogens is 336 g/mol. The van der Waals surface area contributed by atoms with E-state index in [4.69, 9.17) is 9.47 Å². The first-order valence-corrected chi connectivity index (χ1v) is 8.56. The third-order valence-corrected chi connectivity index (χ3v) is 4.56. The summed E-state index contributed by atoms with van der Waals surface area (Å²) in [6, 6.07) is 13.6. The normalized spacial score (nSPS) is 11.0. The average Bonchev–Trinajstić information content (AvgIpc) is 3.07. The summed E-state index contributed by atoms with van der Waals surface area (Å²) in [5.74, 6) is 0.917. The molecule has 5 nitrogen and oxygen atoms in total. The number of aromatic nitrogens is 1. The van der Waals surface area contributed by atoms with Crippen molar-refractivity contribution in [1.82, 2.24) is 10.3 Å². The molecule has 0 unspecified atom stereocenters. The van der Waals surface area contributed by atoms with Crippen LogP contribution in [0.25, 0.3) is 22.4 Å². The minimum Gasteiger partial charge on any atom is -0.493 e. The lowest BCUT2D eigenvalue weighted by Crippen LogP contribution is -2.24. The van der Waals surface area contributed by atoms with Crippen LogP contribution in [0.4, 0.5) is 0 Å². The Balaban J connectivity index is 1.76. The Labute approximate surface area is 149 Å². The second-order valence-electron chi connectivity index (χ2n) is 5.23. The summed E-state index contributed by atoms with van der Waals surface area (Å²) in [6.45, 7) is -0.0479. The quantitative estimate of drug-likeness (QED) is 0.735. The van der Waals surface area contributed by atoms with Crippen LogP contribution in [0.5, 0.6) is 11.5 Å². The van der Waals surface area contributed by atoms with Gasteiger partial charge >= 0.3 is 0 Å². The van der Waals surface area contributed by atoms with Gasteiger partial charge in [-0.3, -0.25) is 4.79 Å². The first kappa shape index (κ1) is 17.0. The van der Waals surface area contributed by atoms with Gasteiger partial charge in [-0.2, -0.15) is 0 Å². The fraction of sp³-hybridized carbons (Fsp3) is 0.158. The molecule has 0 radical (unpaired) electrons. The van der Waals surface area contributed by atoms with E-state index in [-0.39, 0.29) is 12.5 Å². The van der Waals surface area contributed by atoms with Gasteiger partial charge in [0, 0.05) is 7.05 Å². The monoisotopic (exact) mass is 354 g/mol. The molecule has 0 aliphatic heterocycles. The lowest BCUT2D eigenvalue weighted by molar-refractivity contribution is -0.122. The fourth-order valence-electron chi connectivity index (χ4n) is 2.25. The van der Waals surface area contributed by atoms with Gasteiger partial charge in [-0.15, -0.1) is 11.3 Å². The van der Waals surface area contributed by atoms with E-state index in [9.17, 15) is 4.79 Å². The summed E-state index contributed by atoms with van der Waals surface area (Å²) < 4.78 is 12.0. The zero-order valence-corrected chi connectivity index (χ0v) is 14.8. The molecule has 1 N–H and O–H groups in total. The van der Waals surface area contributed by atoms with Crippen LogP contribution in [-0.4, -0.2) is 31.7 Å². The predicted molar refractivity (Wildman–Crippen MR) is 101 cm³/mol. The third-order valence-electron chi connectivity index (χ3n) is 3.55. The van der Waals surface area contributed by atoms with Crippen molar-refractivity contribution in [3.8, 4) is 11.5 Å². The number of hydrogen-bond donors (Lipinski definition) is 1.